The Kier molecular flexibility index (Phi) is 7.40. The minimum absolute atomic E-state index is 0.877. The van der Waals surface area contributed by atoms with Crippen LogP contribution in [0.25, 0.3) is 87.7 Å². The predicted octanol–water partition coefficient (Wildman–Crippen LogP) is 17.0. The molecule has 0 bridgehead atoms. The maximum Gasteiger partial charge on any atom is 0.159 e. The summed E-state index contributed by atoms with van der Waals surface area (Å²) >= 11 is 0. The Morgan fingerprint density at radius 2 is 0.677 bits per heavy atom. The molecule has 0 atom stereocenters. The third-order valence-electron chi connectivity index (χ3n) is 12.9. The first-order valence-electron chi connectivity index (χ1n) is 21.2. The fraction of sp³-hybridized carbons (Fsp3) is 0.0345. The van der Waals surface area contributed by atoms with Gasteiger partial charge in [0.05, 0.1) is 11.4 Å². The van der Waals surface area contributed by atoms with Crippen molar-refractivity contribution in [2.75, 3.05) is 9.80 Å². The Morgan fingerprint density at radius 3 is 1.11 bits per heavy atom. The zero-order chi connectivity index (χ0) is 41.1. The number of rotatable bonds is 6. The molecule has 0 amide bonds. The van der Waals surface area contributed by atoms with Gasteiger partial charge in [0, 0.05) is 44.3 Å². The van der Waals surface area contributed by atoms with E-state index in [1.165, 1.54) is 54.9 Å². The number of hydrogen-bond donors (Lipinski definition) is 0. The van der Waals surface area contributed by atoms with Crippen LogP contribution in [0.3, 0.4) is 0 Å². The molecule has 0 unspecified atom stereocenters. The number of para-hydroxylation sites is 4. The second kappa shape index (κ2) is 13.2. The van der Waals surface area contributed by atoms with E-state index in [-0.39, 0.29) is 0 Å². The monoisotopic (exact) mass is 794 g/mol. The molecule has 0 fully saturated rings. The Morgan fingerprint density at radius 1 is 0.306 bits per heavy atom. The molecule has 1 aliphatic rings. The van der Waals surface area contributed by atoms with Gasteiger partial charge in [-0.05, 0) is 155 Å². The molecular formula is C58H38N2O2. The zero-order valence-electron chi connectivity index (χ0n) is 34.2. The summed E-state index contributed by atoms with van der Waals surface area (Å²) in [6.07, 6.45) is 0. The van der Waals surface area contributed by atoms with Gasteiger partial charge in [-0.25, -0.2) is 0 Å². The molecule has 12 aromatic rings. The number of benzene rings is 10. The van der Waals surface area contributed by atoms with E-state index in [1.807, 2.05) is 24.3 Å². The Hall–Kier alpha value is -8.08. The third-order valence-corrected chi connectivity index (χ3v) is 12.9. The second-order valence-corrected chi connectivity index (χ2v) is 16.7. The van der Waals surface area contributed by atoms with E-state index in [0.717, 1.165) is 78.0 Å². The van der Waals surface area contributed by atoms with Crippen molar-refractivity contribution in [3.8, 4) is 22.3 Å². The standard InChI is InChI=1S/C58H38N2O2/c1-35-17-23-41(24-18-35)59(53-13-7-11-47-45-9-3-5-15-55(45)61-57(47)53)43-27-21-37-31-49-50-32-38-22-28-44(30-40(38)34-52(50)51(49)33-39(37)29-43)60(42-25-19-36(2)20-26-42)54-14-8-12-48-46-10-4-6-16-56(46)62-58(48)54/h3-34H,1-2H3. The first-order valence-corrected chi connectivity index (χ1v) is 21.2. The summed E-state index contributed by atoms with van der Waals surface area (Å²) in [4.78, 5) is 4.66. The summed E-state index contributed by atoms with van der Waals surface area (Å²) in [5, 5.41) is 9.28. The van der Waals surface area contributed by atoms with Gasteiger partial charge in [-0.1, -0.05) is 108 Å². The average molecular weight is 795 g/mol. The Balaban J connectivity index is 0.930. The lowest BCUT2D eigenvalue weighted by atomic mass is 9.78. The summed E-state index contributed by atoms with van der Waals surface area (Å²) in [5.74, 6) is 0. The fourth-order valence-electron chi connectivity index (χ4n) is 9.74. The molecule has 0 N–H and O–H groups in total. The SMILES string of the molecule is Cc1ccc(N(c2ccc3cc4c(cc3c2)-c2cc3cc(N(c5ccc(C)cc5)c5cccc6c5oc5ccccc56)ccc3cc2-4)c2cccc3c2oc2ccccc23)cc1. The van der Waals surface area contributed by atoms with Crippen molar-refractivity contribution in [2.45, 2.75) is 13.8 Å². The summed E-state index contributed by atoms with van der Waals surface area (Å²) in [5.41, 5.74) is 17.5. The van der Waals surface area contributed by atoms with E-state index in [9.17, 15) is 0 Å². The molecule has 0 radical (unpaired) electrons. The second-order valence-electron chi connectivity index (χ2n) is 16.7. The van der Waals surface area contributed by atoms with Crippen LogP contribution in [0.2, 0.25) is 0 Å². The molecule has 2 heterocycles. The average Bonchev–Trinajstić information content (AvgIpc) is 3.89. The zero-order valence-corrected chi connectivity index (χ0v) is 34.2. The van der Waals surface area contributed by atoms with E-state index in [4.69, 9.17) is 8.83 Å². The molecule has 10 aromatic carbocycles. The molecular weight excluding hydrogens is 757 g/mol. The number of hydrogen-bond acceptors (Lipinski definition) is 4. The van der Waals surface area contributed by atoms with Crippen LogP contribution in [0, 0.1) is 13.8 Å². The van der Waals surface area contributed by atoms with Crippen LogP contribution < -0.4 is 9.80 Å². The molecule has 0 aliphatic heterocycles. The normalized spacial score (nSPS) is 12.0. The molecule has 0 saturated heterocycles. The van der Waals surface area contributed by atoms with E-state index in [1.54, 1.807) is 0 Å². The molecule has 62 heavy (non-hydrogen) atoms. The quantitative estimate of drug-likeness (QED) is 0.168. The molecule has 0 spiro atoms. The fourth-order valence-corrected chi connectivity index (χ4v) is 9.74. The molecule has 4 heteroatoms. The molecule has 1 aliphatic carbocycles. The van der Waals surface area contributed by atoms with Crippen molar-refractivity contribution < 1.29 is 8.83 Å². The van der Waals surface area contributed by atoms with Gasteiger partial charge < -0.3 is 18.6 Å². The minimum atomic E-state index is 0.877. The number of anilines is 6. The van der Waals surface area contributed by atoms with Gasteiger partial charge in [-0.2, -0.15) is 0 Å². The highest BCUT2D eigenvalue weighted by Gasteiger charge is 2.26. The minimum Gasteiger partial charge on any atom is -0.454 e. The van der Waals surface area contributed by atoms with Gasteiger partial charge >= 0.3 is 0 Å². The number of furan rings is 2. The molecule has 292 valence electrons. The summed E-state index contributed by atoms with van der Waals surface area (Å²) in [7, 11) is 0. The predicted molar refractivity (Wildman–Crippen MR) is 259 cm³/mol. The van der Waals surface area contributed by atoms with Gasteiger partial charge in [-0.3, -0.25) is 0 Å². The summed E-state index contributed by atoms with van der Waals surface area (Å²) in [6, 6.07) is 70.1. The van der Waals surface area contributed by atoms with Crippen LogP contribution in [0.5, 0.6) is 0 Å². The van der Waals surface area contributed by atoms with Crippen LogP contribution in [0.4, 0.5) is 34.1 Å². The van der Waals surface area contributed by atoms with Crippen molar-refractivity contribution in [3.63, 3.8) is 0 Å². The van der Waals surface area contributed by atoms with Crippen LogP contribution in [0.1, 0.15) is 11.1 Å². The van der Waals surface area contributed by atoms with E-state index in [0.29, 0.717) is 0 Å². The Bertz CT molecular complexity index is 3530. The van der Waals surface area contributed by atoms with Crippen molar-refractivity contribution in [1.29, 1.82) is 0 Å². The topological polar surface area (TPSA) is 32.8 Å². The first kappa shape index (κ1) is 34.8. The van der Waals surface area contributed by atoms with Crippen LogP contribution in [-0.2, 0) is 0 Å². The smallest absolute Gasteiger partial charge is 0.159 e. The Labute approximate surface area is 358 Å². The van der Waals surface area contributed by atoms with Gasteiger partial charge in [0.1, 0.15) is 11.2 Å². The summed E-state index contributed by atoms with van der Waals surface area (Å²) < 4.78 is 13.2. The third kappa shape index (κ3) is 5.26. The van der Waals surface area contributed by atoms with Crippen molar-refractivity contribution >= 4 is 99.5 Å². The van der Waals surface area contributed by atoms with Gasteiger partial charge in [0.2, 0.25) is 0 Å². The van der Waals surface area contributed by atoms with Gasteiger partial charge in [0.25, 0.3) is 0 Å². The van der Waals surface area contributed by atoms with Crippen LogP contribution in [-0.4, -0.2) is 0 Å². The summed E-state index contributed by atoms with van der Waals surface area (Å²) in [6.45, 7) is 4.26. The van der Waals surface area contributed by atoms with Crippen LogP contribution >= 0.6 is 0 Å². The molecule has 13 rings (SSSR count). The van der Waals surface area contributed by atoms with E-state index < -0.39 is 0 Å². The van der Waals surface area contributed by atoms with Crippen LogP contribution in [0.15, 0.2) is 203 Å². The maximum absolute atomic E-state index is 6.60. The first-order chi connectivity index (χ1) is 30.5. The van der Waals surface area contributed by atoms with Crippen molar-refractivity contribution in [1.82, 2.24) is 0 Å². The highest BCUT2D eigenvalue weighted by molar-refractivity contribution is 6.14. The lowest BCUT2D eigenvalue weighted by Crippen LogP contribution is -2.10. The highest BCUT2D eigenvalue weighted by atomic mass is 16.3. The van der Waals surface area contributed by atoms with Gasteiger partial charge in [-0.15, -0.1) is 0 Å². The molecule has 2 aromatic heterocycles. The number of nitrogens with zero attached hydrogens (tertiary/aromatic N) is 2. The highest BCUT2D eigenvalue weighted by Crippen LogP contribution is 2.52. The number of aryl methyl sites for hydroxylation is 2. The van der Waals surface area contributed by atoms with Gasteiger partial charge in [0.15, 0.2) is 11.2 Å². The number of fused-ring (bicyclic) bond motifs is 12. The van der Waals surface area contributed by atoms with E-state index >= 15 is 0 Å². The van der Waals surface area contributed by atoms with Crippen molar-refractivity contribution in [2.24, 2.45) is 0 Å². The maximum atomic E-state index is 6.60. The van der Waals surface area contributed by atoms with Crippen molar-refractivity contribution in [3.05, 3.63) is 205 Å². The molecule has 4 nitrogen and oxygen atoms in total. The lowest BCUT2D eigenvalue weighted by Gasteiger charge is -2.28. The van der Waals surface area contributed by atoms with E-state index in [2.05, 4.69) is 194 Å². The molecule has 0 saturated carbocycles. The lowest BCUT2D eigenvalue weighted by molar-refractivity contribution is 0.668. The largest absolute Gasteiger partial charge is 0.454 e.